The van der Waals surface area contributed by atoms with E-state index < -0.39 is 0 Å². The number of benzene rings is 1. The fourth-order valence-electron chi connectivity index (χ4n) is 3.24. The van der Waals surface area contributed by atoms with Gasteiger partial charge in [-0.2, -0.15) is 5.10 Å². The van der Waals surface area contributed by atoms with Gasteiger partial charge in [-0.3, -0.25) is 9.89 Å². The molecule has 1 aromatic carbocycles. The smallest absolute Gasteiger partial charge is 0.275 e. The Kier molecular flexibility index (Phi) is 4.07. The summed E-state index contributed by atoms with van der Waals surface area (Å²) in [6.45, 7) is 0.871. The number of amides is 1. The van der Waals surface area contributed by atoms with Gasteiger partial charge in [0, 0.05) is 24.2 Å². The van der Waals surface area contributed by atoms with Crippen LogP contribution in [0, 0.1) is 0 Å². The Balaban J connectivity index is 1.88. The number of hydrogen-bond donors (Lipinski definition) is 1. The summed E-state index contributed by atoms with van der Waals surface area (Å²) in [5.74, 6) is 0.484. The van der Waals surface area contributed by atoms with E-state index in [0.717, 1.165) is 11.1 Å². The third-order valence-corrected chi connectivity index (χ3v) is 4.70. The Labute approximate surface area is 149 Å². The number of methoxy groups -OCH3 is 1. The third kappa shape index (κ3) is 2.54. The molecule has 25 heavy (non-hydrogen) atoms. The zero-order chi connectivity index (χ0) is 17.4. The highest BCUT2D eigenvalue weighted by Gasteiger charge is 2.43. The molecule has 0 radical (unpaired) electrons. The van der Waals surface area contributed by atoms with E-state index in [1.165, 1.54) is 0 Å². The number of rotatable bonds is 5. The minimum atomic E-state index is -0.342. The molecule has 1 N–H and O–H groups in total. The van der Waals surface area contributed by atoms with Gasteiger partial charge in [-0.05, 0) is 23.8 Å². The van der Waals surface area contributed by atoms with Crippen molar-refractivity contribution in [2.45, 2.75) is 6.04 Å². The maximum absolute atomic E-state index is 12.9. The van der Waals surface area contributed by atoms with Gasteiger partial charge in [-0.15, -0.1) is 0 Å². The average Bonchev–Trinajstić information content (AvgIpc) is 3.32. The molecule has 0 saturated carbocycles. The maximum Gasteiger partial charge on any atom is 0.275 e. The van der Waals surface area contributed by atoms with Gasteiger partial charge in [-0.1, -0.05) is 29.8 Å². The second-order valence-corrected chi connectivity index (χ2v) is 6.16. The quantitative estimate of drug-likeness (QED) is 0.758. The molecule has 7 heteroatoms. The number of fused-ring (bicyclic) bond motifs is 1. The molecule has 0 saturated heterocycles. The molecule has 1 aliphatic heterocycles. The first-order chi connectivity index (χ1) is 12.2. The van der Waals surface area contributed by atoms with Crippen molar-refractivity contribution < 1.29 is 13.9 Å². The standard InChI is InChI=1S/C18H16ClN3O3/c1-24-10-8-22-17(11-5-2-3-6-12(11)19)14-15(13-7-4-9-25-13)20-21-16(14)18(22)23/h2-7,9,17H,8,10H2,1H3,(H,20,21)/t17-/m0/s1. The van der Waals surface area contributed by atoms with Crippen molar-refractivity contribution in [2.75, 3.05) is 20.3 Å². The van der Waals surface area contributed by atoms with E-state index in [2.05, 4.69) is 10.2 Å². The summed E-state index contributed by atoms with van der Waals surface area (Å²) in [5, 5.41) is 7.78. The van der Waals surface area contributed by atoms with E-state index >= 15 is 0 Å². The first-order valence-electron chi connectivity index (χ1n) is 7.89. The van der Waals surface area contributed by atoms with Crippen LogP contribution in [0.5, 0.6) is 0 Å². The van der Waals surface area contributed by atoms with Gasteiger partial charge >= 0.3 is 0 Å². The minimum Gasteiger partial charge on any atom is -0.463 e. The van der Waals surface area contributed by atoms with E-state index in [-0.39, 0.29) is 11.9 Å². The van der Waals surface area contributed by atoms with Crippen molar-refractivity contribution in [3.63, 3.8) is 0 Å². The van der Waals surface area contributed by atoms with Crippen molar-refractivity contribution in [1.29, 1.82) is 0 Å². The van der Waals surface area contributed by atoms with E-state index in [1.54, 1.807) is 24.3 Å². The number of nitrogens with zero attached hydrogens (tertiary/aromatic N) is 2. The lowest BCUT2D eigenvalue weighted by Gasteiger charge is -2.26. The van der Waals surface area contributed by atoms with Crippen LogP contribution in [0.1, 0.15) is 27.7 Å². The van der Waals surface area contributed by atoms with Crippen molar-refractivity contribution in [1.82, 2.24) is 15.1 Å². The van der Waals surface area contributed by atoms with Crippen molar-refractivity contribution in [3.8, 4) is 11.5 Å². The number of halogens is 1. The lowest BCUT2D eigenvalue weighted by atomic mass is 9.98. The normalized spacial score (nSPS) is 16.5. The molecule has 6 nitrogen and oxygen atoms in total. The molecule has 0 spiro atoms. The molecule has 1 atom stereocenters. The summed E-state index contributed by atoms with van der Waals surface area (Å²) in [5.41, 5.74) is 2.72. The molecule has 1 aliphatic rings. The Morgan fingerprint density at radius 1 is 1.32 bits per heavy atom. The lowest BCUT2D eigenvalue weighted by molar-refractivity contribution is 0.0677. The van der Waals surface area contributed by atoms with Gasteiger partial charge in [0.1, 0.15) is 5.69 Å². The highest BCUT2D eigenvalue weighted by atomic mass is 35.5. The Hall–Kier alpha value is -2.57. The van der Waals surface area contributed by atoms with Crippen LogP contribution in [0.25, 0.3) is 11.5 Å². The van der Waals surface area contributed by atoms with Crippen molar-refractivity contribution >= 4 is 17.5 Å². The number of carbonyl (C=O) groups is 1. The predicted molar refractivity (Wildman–Crippen MR) is 92.5 cm³/mol. The van der Waals surface area contributed by atoms with Crippen LogP contribution in [0.2, 0.25) is 5.02 Å². The van der Waals surface area contributed by atoms with E-state index in [4.69, 9.17) is 20.8 Å². The van der Waals surface area contributed by atoms with Crippen LogP contribution < -0.4 is 0 Å². The zero-order valence-electron chi connectivity index (χ0n) is 13.5. The highest BCUT2D eigenvalue weighted by Crippen LogP contribution is 2.44. The second-order valence-electron chi connectivity index (χ2n) is 5.75. The number of aromatic nitrogens is 2. The largest absolute Gasteiger partial charge is 0.463 e. The monoisotopic (exact) mass is 357 g/mol. The summed E-state index contributed by atoms with van der Waals surface area (Å²) in [6, 6.07) is 10.8. The molecule has 4 rings (SSSR count). The number of furan rings is 1. The van der Waals surface area contributed by atoms with E-state index in [0.29, 0.717) is 35.3 Å². The Bertz CT molecular complexity index is 904. The number of ether oxygens (including phenoxy) is 1. The first-order valence-corrected chi connectivity index (χ1v) is 8.26. The molecular formula is C18H16ClN3O3. The molecule has 1 amide bonds. The van der Waals surface area contributed by atoms with Gasteiger partial charge in [0.2, 0.25) is 0 Å². The molecule has 0 bridgehead atoms. The molecular weight excluding hydrogens is 342 g/mol. The number of hydrogen-bond acceptors (Lipinski definition) is 4. The van der Waals surface area contributed by atoms with Crippen molar-refractivity contribution in [2.24, 2.45) is 0 Å². The second kappa shape index (κ2) is 6.38. The van der Waals surface area contributed by atoms with E-state index in [9.17, 15) is 4.79 Å². The van der Waals surface area contributed by atoms with Gasteiger partial charge in [-0.25, -0.2) is 0 Å². The maximum atomic E-state index is 12.9. The molecule has 2 aromatic heterocycles. The van der Waals surface area contributed by atoms with Gasteiger partial charge in [0.25, 0.3) is 5.91 Å². The first kappa shape index (κ1) is 15.9. The summed E-state index contributed by atoms with van der Waals surface area (Å²) >= 11 is 6.44. The van der Waals surface area contributed by atoms with Crippen LogP contribution >= 0.6 is 11.6 Å². The van der Waals surface area contributed by atoms with Crippen molar-refractivity contribution in [3.05, 3.63) is 64.5 Å². The van der Waals surface area contributed by atoms with Crippen LogP contribution in [-0.2, 0) is 4.74 Å². The van der Waals surface area contributed by atoms with E-state index in [1.807, 2.05) is 30.3 Å². The molecule has 3 heterocycles. The Morgan fingerprint density at radius 2 is 2.16 bits per heavy atom. The lowest BCUT2D eigenvalue weighted by Crippen LogP contribution is -2.32. The van der Waals surface area contributed by atoms with Gasteiger partial charge in [0.15, 0.2) is 11.5 Å². The van der Waals surface area contributed by atoms with Crippen LogP contribution in [-0.4, -0.2) is 41.3 Å². The molecule has 0 fully saturated rings. The van der Waals surface area contributed by atoms with Gasteiger partial charge < -0.3 is 14.1 Å². The van der Waals surface area contributed by atoms with Crippen LogP contribution in [0.15, 0.2) is 47.1 Å². The third-order valence-electron chi connectivity index (χ3n) is 4.36. The average molecular weight is 358 g/mol. The number of nitrogens with one attached hydrogen (secondary N) is 1. The summed E-state index contributed by atoms with van der Waals surface area (Å²) < 4.78 is 10.7. The topological polar surface area (TPSA) is 71.4 Å². The molecule has 0 aliphatic carbocycles. The van der Waals surface area contributed by atoms with Crippen LogP contribution in [0.3, 0.4) is 0 Å². The predicted octanol–water partition coefficient (Wildman–Crippen LogP) is 3.51. The van der Waals surface area contributed by atoms with Gasteiger partial charge in [0.05, 0.1) is 18.9 Å². The number of H-pyrrole nitrogens is 1. The molecule has 3 aromatic rings. The molecule has 0 unspecified atom stereocenters. The highest BCUT2D eigenvalue weighted by molar-refractivity contribution is 6.31. The number of carbonyl (C=O) groups excluding carboxylic acids is 1. The number of aromatic amines is 1. The Morgan fingerprint density at radius 3 is 2.88 bits per heavy atom. The fourth-order valence-corrected chi connectivity index (χ4v) is 3.48. The summed E-state index contributed by atoms with van der Waals surface area (Å²) in [4.78, 5) is 14.6. The minimum absolute atomic E-state index is 0.147. The fraction of sp³-hybridized carbons (Fsp3) is 0.222. The summed E-state index contributed by atoms with van der Waals surface area (Å²) in [6.07, 6.45) is 1.59. The SMILES string of the molecule is COCCN1C(=O)c2n[nH]c(-c3ccco3)c2[C@@H]1c1ccccc1Cl. The zero-order valence-corrected chi connectivity index (χ0v) is 14.3. The molecule has 128 valence electrons. The van der Waals surface area contributed by atoms with Crippen LogP contribution in [0.4, 0.5) is 0 Å². The summed E-state index contributed by atoms with van der Waals surface area (Å²) in [7, 11) is 1.61.